The number of alkyl halides is 3. The third-order valence-corrected chi connectivity index (χ3v) is 5.31. The van der Waals surface area contributed by atoms with Crippen molar-refractivity contribution in [2.45, 2.75) is 25.9 Å². The summed E-state index contributed by atoms with van der Waals surface area (Å²) < 4.78 is 69.7. The molecule has 0 aliphatic rings. The first kappa shape index (κ1) is 28.3. The smallest absolute Gasteiger partial charge is 0.382 e. The van der Waals surface area contributed by atoms with Gasteiger partial charge in [0.25, 0.3) is 0 Å². The molecule has 1 aromatic carbocycles. The van der Waals surface area contributed by atoms with E-state index < -0.39 is 23.4 Å². The van der Waals surface area contributed by atoms with E-state index in [2.05, 4.69) is 38.7 Å². The Bertz CT molecular complexity index is 1350. The summed E-state index contributed by atoms with van der Waals surface area (Å²) >= 11 is 0. The van der Waals surface area contributed by atoms with Gasteiger partial charge in [-0.1, -0.05) is 20.1 Å². The van der Waals surface area contributed by atoms with Crippen molar-refractivity contribution in [2.75, 3.05) is 24.7 Å². The van der Waals surface area contributed by atoms with Gasteiger partial charge in [-0.3, -0.25) is 4.98 Å². The van der Waals surface area contributed by atoms with Crippen molar-refractivity contribution in [1.82, 2.24) is 19.9 Å². The molecule has 0 atom stereocenters. The normalized spacial score (nSPS) is 11.7. The zero-order valence-electron chi connectivity index (χ0n) is 21.1. The summed E-state index contributed by atoms with van der Waals surface area (Å²) in [4.78, 5) is 14.0. The van der Waals surface area contributed by atoms with Crippen molar-refractivity contribution < 1.29 is 22.0 Å². The van der Waals surface area contributed by atoms with Gasteiger partial charge in [-0.25, -0.2) is 18.7 Å². The highest BCUT2D eigenvalue weighted by Crippen LogP contribution is 2.33. The highest BCUT2D eigenvalue weighted by Gasteiger charge is 2.34. The molecule has 2 heterocycles. The van der Waals surface area contributed by atoms with Gasteiger partial charge in [0.15, 0.2) is 0 Å². The Labute approximate surface area is 217 Å². The molecule has 0 spiro atoms. The van der Waals surface area contributed by atoms with Crippen molar-refractivity contribution in [3.8, 4) is 11.1 Å². The number of benzene rings is 1. The van der Waals surface area contributed by atoms with E-state index in [1.807, 2.05) is 14.1 Å². The predicted octanol–water partition coefficient (Wildman–Crippen LogP) is 6.57. The van der Waals surface area contributed by atoms with Gasteiger partial charge in [-0.05, 0) is 36.3 Å². The van der Waals surface area contributed by atoms with Crippen LogP contribution in [0.2, 0.25) is 0 Å². The van der Waals surface area contributed by atoms with Gasteiger partial charge >= 0.3 is 6.18 Å². The fraction of sp³-hybridized carbons (Fsp3) is 0.222. The first-order chi connectivity index (χ1) is 17.9. The number of hydrogen-bond donors (Lipinski definition) is 2. The number of nitrogens with one attached hydrogen (secondary N) is 2. The number of aromatic nitrogens is 3. The predicted molar refractivity (Wildman–Crippen MR) is 138 cm³/mol. The highest BCUT2D eigenvalue weighted by molar-refractivity contribution is 5.64. The van der Waals surface area contributed by atoms with Crippen LogP contribution >= 0.6 is 0 Å². The molecule has 11 heteroatoms. The Balaban J connectivity index is 1.75. The molecule has 0 fully saturated rings. The number of pyridine rings is 1. The van der Waals surface area contributed by atoms with E-state index in [0.29, 0.717) is 5.70 Å². The summed E-state index contributed by atoms with van der Waals surface area (Å²) in [5.74, 6) is -1.19. The molecule has 2 aromatic heterocycles. The van der Waals surface area contributed by atoms with Crippen molar-refractivity contribution in [1.29, 1.82) is 0 Å². The van der Waals surface area contributed by atoms with Gasteiger partial charge in [0.05, 0.1) is 28.8 Å². The number of anilines is 2. The number of aryl methyl sites for hydroxylation is 1. The monoisotopic (exact) mass is 530 g/mol. The van der Waals surface area contributed by atoms with Crippen LogP contribution in [0.3, 0.4) is 0 Å². The van der Waals surface area contributed by atoms with E-state index in [0.717, 1.165) is 18.2 Å². The van der Waals surface area contributed by atoms with E-state index in [4.69, 9.17) is 0 Å². The minimum absolute atomic E-state index is 0.0263. The van der Waals surface area contributed by atoms with E-state index in [-0.39, 0.29) is 52.6 Å². The molecule has 0 unspecified atom stereocenters. The Morgan fingerprint density at radius 2 is 1.68 bits per heavy atom. The van der Waals surface area contributed by atoms with Crippen LogP contribution in [0.15, 0.2) is 73.6 Å². The van der Waals surface area contributed by atoms with Crippen LogP contribution in [0.4, 0.5) is 33.6 Å². The average molecular weight is 531 g/mol. The summed E-state index contributed by atoms with van der Waals surface area (Å²) in [5, 5.41) is 5.66. The molecule has 0 saturated carbocycles. The van der Waals surface area contributed by atoms with Crippen LogP contribution in [0.5, 0.6) is 0 Å². The maximum atomic E-state index is 14.9. The molecular weight excluding hydrogens is 503 g/mol. The molecule has 0 bridgehead atoms. The molecule has 3 aromatic rings. The fourth-order valence-electron chi connectivity index (χ4n) is 3.59. The molecule has 200 valence electrons. The van der Waals surface area contributed by atoms with E-state index >= 15 is 0 Å². The standard InChI is InChI=1S/C27H27F5N6/c1-6-19(15-38(4)5)37-26-34-12-18(13-35-26)21-11-23(28)17(9-24(21)29)8-16(3)36-20-10-22(27(30,31)32)25(7-2)33-14-20/h6,9-15,36H,1,3,7-8H2,2,4-5H3,(H,34,35,37)/b19-15+. The van der Waals surface area contributed by atoms with Crippen molar-refractivity contribution in [3.05, 3.63) is 102 Å². The van der Waals surface area contributed by atoms with E-state index in [1.165, 1.54) is 18.6 Å². The van der Waals surface area contributed by atoms with Crippen molar-refractivity contribution in [2.24, 2.45) is 0 Å². The lowest BCUT2D eigenvalue weighted by Gasteiger charge is -2.15. The molecule has 2 N–H and O–H groups in total. The lowest BCUT2D eigenvalue weighted by molar-refractivity contribution is -0.138. The number of rotatable bonds is 10. The second-order valence-electron chi connectivity index (χ2n) is 8.57. The summed E-state index contributed by atoms with van der Waals surface area (Å²) in [5.41, 5.74) is 0.0908. The molecule has 0 aliphatic carbocycles. The van der Waals surface area contributed by atoms with E-state index in [9.17, 15) is 22.0 Å². The topological polar surface area (TPSA) is 66.0 Å². The van der Waals surface area contributed by atoms with Gasteiger partial charge in [0.2, 0.25) is 5.95 Å². The van der Waals surface area contributed by atoms with E-state index in [1.54, 1.807) is 24.1 Å². The quantitative estimate of drug-likeness (QED) is 0.228. The number of nitrogens with zero attached hydrogens (tertiary/aromatic N) is 4. The van der Waals surface area contributed by atoms with Crippen LogP contribution in [0.25, 0.3) is 11.1 Å². The van der Waals surface area contributed by atoms with Gasteiger partial charge in [-0.15, -0.1) is 0 Å². The first-order valence-electron chi connectivity index (χ1n) is 11.5. The molecular formula is C27H27F5N6. The third-order valence-electron chi connectivity index (χ3n) is 5.31. The molecule has 0 aliphatic heterocycles. The minimum Gasteiger partial charge on any atom is -0.382 e. The van der Waals surface area contributed by atoms with Crippen molar-refractivity contribution >= 4 is 11.6 Å². The van der Waals surface area contributed by atoms with Crippen molar-refractivity contribution in [3.63, 3.8) is 0 Å². The van der Waals surface area contributed by atoms with Crippen LogP contribution < -0.4 is 10.6 Å². The summed E-state index contributed by atoms with van der Waals surface area (Å²) in [6.45, 7) is 9.02. The Morgan fingerprint density at radius 1 is 1.00 bits per heavy atom. The van der Waals surface area contributed by atoms with Gasteiger partial charge in [0.1, 0.15) is 11.6 Å². The maximum absolute atomic E-state index is 14.9. The average Bonchev–Trinajstić information content (AvgIpc) is 2.85. The largest absolute Gasteiger partial charge is 0.418 e. The number of allylic oxidation sites excluding steroid dienone is 2. The number of halogens is 5. The molecule has 3 rings (SSSR count). The van der Waals surface area contributed by atoms with Gasteiger partial charge < -0.3 is 15.5 Å². The second-order valence-corrected chi connectivity index (χ2v) is 8.57. The van der Waals surface area contributed by atoms with Crippen LogP contribution in [-0.4, -0.2) is 33.9 Å². The summed E-state index contributed by atoms with van der Waals surface area (Å²) in [7, 11) is 3.68. The van der Waals surface area contributed by atoms with Gasteiger partial charge in [-0.2, -0.15) is 13.2 Å². The first-order valence-corrected chi connectivity index (χ1v) is 11.5. The minimum atomic E-state index is -4.57. The highest BCUT2D eigenvalue weighted by atomic mass is 19.4. The Morgan fingerprint density at radius 3 is 2.26 bits per heavy atom. The lowest BCUT2D eigenvalue weighted by atomic mass is 10.0. The molecule has 0 radical (unpaired) electrons. The summed E-state index contributed by atoms with van der Waals surface area (Å²) in [6, 6.07) is 2.95. The molecule has 38 heavy (non-hydrogen) atoms. The zero-order chi connectivity index (χ0) is 28.0. The van der Waals surface area contributed by atoms with Crippen LogP contribution in [-0.2, 0) is 19.0 Å². The Hall–Kier alpha value is -4.28. The zero-order valence-corrected chi connectivity index (χ0v) is 21.1. The fourth-order valence-corrected chi connectivity index (χ4v) is 3.59. The van der Waals surface area contributed by atoms with Crippen LogP contribution in [0.1, 0.15) is 23.7 Å². The SMILES string of the molecule is C=C/C(=C\N(C)C)Nc1ncc(-c2cc(F)c(CC(=C)Nc3cnc(CC)c(C(F)(F)F)c3)cc2F)cn1. The molecule has 0 saturated heterocycles. The summed E-state index contributed by atoms with van der Waals surface area (Å²) in [6.07, 6.45) is 2.68. The second kappa shape index (κ2) is 11.8. The lowest BCUT2D eigenvalue weighted by Crippen LogP contribution is -2.12. The van der Waals surface area contributed by atoms with Gasteiger partial charge in [0, 0.05) is 55.9 Å². The Kier molecular flexibility index (Phi) is 8.82. The molecule has 6 nitrogen and oxygen atoms in total. The maximum Gasteiger partial charge on any atom is 0.418 e. The number of hydrogen-bond acceptors (Lipinski definition) is 6. The third kappa shape index (κ3) is 7.15. The molecule has 0 amide bonds. The van der Waals surface area contributed by atoms with Crippen LogP contribution in [0, 0.1) is 11.6 Å².